The number of anilines is 1. The van der Waals surface area contributed by atoms with Gasteiger partial charge in [0.15, 0.2) is 0 Å². The molecule has 18 heavy (non-hydrogen) atoms. The van der Waals surface area contributed by atoms with Crippen LogP contribution in [-0.2, 0) is 11.3 Å². The van der Waals surface area contributed by atoms with E-state index in [1.165, 1.54) is 18.5 Å². The van der Waals surface area contributed by atoms with Crippen molar-refractivity contribution in [2.75, 3.05) is 5.73 Å². The summed E-state index contributed by atoms with van der Waals surface area (Å²) < 4.78 is 6.14. The maximum Gasteiger partial charge on any atom is 0.340 e. The van der Waals surface area contributed by atoms with Crippen LogP contribution < -0.4 is 5.73 Å². The van der Waals surface area contributed by atoms with Crippen LogP contribution in [0.1, 0.15) is 15.9 Å². The van der Waals surface area contributed by atoms with Crippen LogP contribution in [0.2, 0.25) is 0 Å². The maximum absolute atomic E-state index is 11.7. The van der Waals surface area contributed by atoms with Crippen molar-refractivity contribution < 1.29 is 9.53 Å². The van der Waals surface area contributed by atoms with E-state index in [-0.39, 0.29) is 6.61 Å². The molecule has 0 aliphatic rings. The second kappa shape index (κ2) is 5.64. The van der Waals surface area contributed by atoms with Gasteiger partial charge < -0.3 is 10.5 Å². The Morgan fingerprint density at radius 2 is 2.00 bits per heavy atom. The fourth-order valence-electron chi connectivity index (χ4n) is 1.38. The first-order valence-electron chi connectivity index (χ1n) is 5.27. The van der Waals surface area contributed by atoms with Gasteiger partial charge in [0.25, 0.3) is 0 Å². The number of carbonyl (C=O) groups is 1. The van der Waals surface area contributed by atoms with Crippen LogP contribution in [0.5, 0.6) is 0 Å². The number of esters is 1. The molecule has 0 saturated heterocycles. The van der Waals surface area contributed by atoms with Gasteiger partial charge in [-0.25, -0.2) is 4.79 Å². The van der Waals surface area contributed by atoms with E-state index >= 15 is 0 Å². The summed E-state index contributed by atoms with van der Waals surface area (Å²) >= 11 is 3.34. The molecule has 1 aromatic carbocycles. The van der Waals surface area contributed by atoms with Gasteiger partial charge in [0.05, 0.1) is 11.3 Å². The summed E-state index contributed by atoms with van der Waals surface area (Å²) in [6.07, 6.45) is 2.91. The molecular formula is C13H11BrN2O2. The lowest BCUT2D eigenvalue weighted by Crippen LogP contribution is -2.06. The molecule has 2 N–H and O–H groups in total. The van der Waals surface area contributed by atoms with Crippen LogP contribution in [0.15, 0.2) is 47.2 Å². The Morgan fingerprint density at radius 3 is 2.67 bits per heavy atom. The van der Waals surface area contributed by atoms with E-state index in [9.17, 15) is 4.79 Å². The van der Waals surface area contributed by atoms with E-state index in [1.54, 1.807) is 0 Å². The number of nitrogens with two attached hydrogens (primary N) is 1. The monoisotopic (exact) mass is 306 g/mol. The Kier molecular flexibility index (Phi) is 3.94. The number of aromatic nitrogens is 1. The number of ether oxygens (including phenoxy) is 1. The molecule has 0 bridgehead atoms. The molecule has 0 fully saturated rings. The Labute approximate surface area is 113 Å². The van der Waals surface area contributed by atoms with Crippen molar-refractivity contribution in [3.8, 4) is 0 Å². The third kappa shape index (κ3) is 3.30. The summed E-state index contributed by atoms with van der Waals surface area (Å²) in [5.74, 6) is -0.433. The Balaban J connectivity index is 1.98. The Morgan fingerprint density at radius 1 is 1.28 bits per heavy atom. The number of rotatable bonds is 3. The van der Waals surface area contributed by atoms with Gasteiger partial charge in [-0.2, -0.15) is 0 Å². The molecule has 0 amide bonds. The normalized spacial score (nSPS) is 10.1. The van der Waals surface area contributed by atoms with Crippen molar-refractivity contribution in [2.24, 2.45) is 0 Å². The first-order valence-corrected chi connectivity index (χ1v) is 6.06. The molecule has 0 spiro atoms. The second-order valence-electron chi connectivity index (χ2n) is 3.71. The second-order valence-corrected chi connectivity index (χ2v) is 4.63. The number of hydrogen-bond donors (Lipinski definition) is 1. The van der Waals surface area contributed by atoms with Crippen LogP contribution in [0.25, 0.3) is 0 Å². The first-order chi connectivity index (χ1) is 8.65. The molecule has 0 atom stereocenters. The largest absolute Gasteiger partial charge is 0.457 e. The fourth-order valence-corrected chi connectivity index (χ4v) is 1.65. The number of hydrogen-bond acceptors (Lipinski definition) is 4. The third-order valence-electron chi connectivity index (χ3n) is 2.28. The molecule has 0 aliphatic heterocycles. The van der Waals surface area contributed by atoms with Gasteiger partial charge in [-0.05, 0) is 23.8 Å². The topological polar surface area (TPSA) is 65.2 Å². The first kappa shape index (κ1) is 12.6. The minimum Gasteiger partial charge on any atom is -0.457 e. The number of halogens is 1. The van der Waals surface area contributed by atoms with E-state index in [1.807, 2.05) is 24.3 Å². The summed E-state index contributed by atoms with van der Waals surface area (Å²) in [7, 11) is 0. The quantitative estimate of drug-likeness (QED) is 0.886. The fraction of sp³-hybridized carbons (Fsp3) is 0.0769. The average molecular weight is 307 g/mol. The molecule has 0 saturated carbocycles. The number of benzene rings is 1. The van der Waals surface area contributed by atoms with Gasteiger partial charge in [-0.1, -0.05) is 28.1 Å². The molecule has 0 aliphatic carbocycles. The molecule has 92 valence electrons. The molecule has 4 nitrogen and oxygen atoms in total. The van der Waals surface area contributed by atoms with Crippen molar-refractivity contribution in [3.05, 3.63) is 58.3 Å². The molecule has 0 unspecified atom stereocenters. The zero-order valence-electron chi connectivity index (χ0n) is 9.47. The lowest BCUT2D eigenvalue weighted by Gasteiger charge is -2.05. The van der Waals surface area contributed by atoms with Crippen LogP contribution in [0.3, 0.4) is 0 Å². The van der Waals surface area contributed by atoms with Crippen molar-refractivity contribution in [3.63, 3.8) is 0 Å². The Hall–Kier alpha value is -1.88. The Bertz CT molecular complexity index is 555. The number of carbonyl (C=O) groups excluding carboxylic acids is 1. The van der Waals surface area contributed by atoms with Crippen molar-refractivity contribution >= 4 is 27.6 Å². The molecule has 2 rings (SSSR count). The minimum absolute atomic E-state index is 0.223. The summed E-state index contributed by atoms with van der Waals surface area (Å²) in [5, 5.41) is 0. The zero-order valence-corrected chi connectivity index (χ0v) is 11.1. The van der Waals surface area contributed by atoms with E-state index in [4.69, 9.17) is 10.5 Å². The lowest BCUT2D eigenvalue weighted by atomic mass is 10.2. The highest BCUT2D eigenvalue weighted by atomic mass is 79.9. The van der Waals surface area contributed by atoms with Gasteiger partial charge >= 0.3 is 5.97 Å². The highest BCUT2D eigenvalue weighted by Crippen LogP contribution is 2.12. The van der Waals surface area contributed by atoms with Crippen LogP contribution >= 0.6 is 15.9 Å². The number of nitrogen functional groups attached to an aromatic ring is 1. The van der Waals surface area contributed by atoms with E-state index in [0.717, 1.165) is 10.0 Å². The van der Waals surface area contributed by atoms with E-state index in [0.29, 0.717) is 11.3 Å². The molecular weight excluding hydrogens is 296 g/mol. The highest BCUT2D eigenvalue weighted by Gasteiger charge is 2.08. The van der Waals surface area contributed by atoms with Crippen molar-refractivity contribution in [1.29, 1.82) is 0 Å². The molecule has 2 aromatic rings. The summed E-state index contributed by atoms with van der Waals surface area (Å²) in [5.41, 5.74) is 7.26. The van der Waals surface area contributed by atoms with Gasteiger partial charge in [-0.3, -0.25) is 4.98 Å². The maximum atomic E-state index is 11.7. The third-order valence-corrected chi connectivity index (χ3v) is 2.81. The van der Waals surface area contributed by atoms with Gasteiger partial charge in [0, 0.05) is 16.9 Å². The number of pyridine rings is 1. The van der Waals surface area contributed by atoms with Crippen LogP contribution in [0.4, 0.5) is 5.69 Å². The highest BCUT2D eigenvalue weighted by molar-refractivity contribution is 9.10. The van der Waals surface area contributed by atoms with E-state index in [2.05, 4.69) is 20.9 Å². The standard InChI is InChI=1S/C13H11BrN2O2/c14-11-3-1-9(2-4-11)8-18-13(17)10-5-12(15)7-16-6-10/h1-7H,8,15H2. The molecule has 1 aromatic heterocycles. The van der Waals surface area contributed by atoms with Crippen molar-refractivity contribution in [1.82, 2.24) is 4.98 Å². The van der Waals surface area contributed by atoms with Gasteiger partial charge in [-0.15, -0.1) is 0 Å². The van der Waals surface area contributed by atoms with E-state index < -0.39 is 5.97 Å². The SMILES string of the molecule is Nc1cncc(C(=O)OCc2ccc(Br)cc2)c1. The molecule has 5 heteroatoms. The minimum atomic E-state index is -0.433. The lowest BCUT2D eigenvalue weighted by molar-refractivity contribution is 0.0472. The van der Waals surface area contributed by atoms with Gasteiger partial charge in [0.2, 0.25) is 0 Å². The summed E-state index contributed by atoms with van der Waals surface area (Å²) in [4.78, 5) is 15.5. The van der Waals surface area contributed by atoms with Crippen LogP contribution in [0, 0.1) is 0 Å². The summed E-state index contributed by atoms with van der Waals surface area (Å²) in [6, 6.07) is 9.09. The molecule has 1 heterocycles. The average Bonchev–Trinajstić information content (AvgIpc) is 2.38. The number of nitrogens with zero attached hydrogens (tertiary/aromatic N) is 1. The predicted molar refractivity (Wildman–Crippen MR) is 71.9 cm³/mol. The summed E-state index contributed by atoms with van der Waals surface area (Å²) in [6.45, 7) is 0.223. The van der Waals surface area contributed by atoms with Crippen LogP contribution in [-0.4, -0.2) is 11.0 Å². The molecule has 0 radical (unpaired) electrons. The van der Waals surface area contributed by atoms with Gasteiger partial charge in [0.1, 0.15) is 6.61 Å². The predicted octanol–water partition coefficient (Wildman–Crippen LogP) is 2.78. The zero-order chi connectivity index (χ0) is 13.0. The van der Waals surface area contributed by atoms with Crippen molar-refractivity contribution in [2.45, 2.75) is 6.61 Å². The smallest absolute Gasteiger partial charge is 0.340 e.